The molecule has 0 bridgehead atoms. The van der Waals surface area contributed by atoms with E-state index in [9.17, 15) is 0 Å². The summed E-state index contributed by atoms with van der Waals surface area (Å²) < 4.78 is 0. The van der Waals surface area contributed by atoms with Crippen molar-refractivity contribution in [1.29, 1.82) is 0 Å². The SMILES string of the molecule is Cc1csc(C2CCC2)n1. The highest BCUT2D eigenvalue weighted by molar-refractivity contribution is 7.09. The number of aromatic nitrogens is 1. The average Bonchev–Trinajstić information content (AvgIpc) is 2.10. The topological polar surface area (TPSA) is 12.9 Å². The van der Waals surface area contributed by atoms with Crippen molar-refractivity contribution in [3.05, 3.63) is 16.1 Å². The third kappa shape index (κ3) is 0.966. The number of thiazole rings is 1. The lowest BCUT2D eigenvalue weighted by Gasteiger charge is -2.22. The van der Waals surface area contributed by atoms with E-state index in [-0.39, 0.29) is 0 Å². The van der Waals surface area contributed by atoms with Gasteiger partial charge in [0, 0.05) is 17.0 Å². The van der Waals surface area contributed by atoms with Crippen LogP contribution in [0.1, 0.15) is 35.9 Å². The summed E-state index contributed by atoms with van der Waals surface area (Å²) in [6.45, 7) is 2.07. The van der Waals surface area contributed by atoms with Crippen LogP contribution in [0.25, 0.3) is 0 Å². The Labute approximate surface area is 65.1 Å². The molecule has 2 heteroatoms. The summed E-state index contributed by atoms with van der Waals surface area (Å²) in [5, 5.41) is 3.51. The summed E-state index contributed by atoms with van der Waals surface area (Å²) in [5.41, 5.74) is 1.19. The predicted octanol–water partition coefficient (Wildman–Crippen LogP) is 2.72. The van der Waals surface area contributed by atoms with Crippen LogP contribution in [0.4, 0.5) is 0 Å². The molecule has 0 atom stereocenters. The fourth-order valence-electron chi connectivity index (χ4n) is 1.21. The molecule has 1 aliphatic carbocycles. The lowest BCUT2D eigenvalue weighted by molar-refractivity contribution is 0.418. The predicted molar refractivity (Wildman–Crippen MR) is 43.4 cm³/mol. The highest BCUT2D eigenvalue weighted by atomic mass is 32.1. The molecule has 1 fully saturated rings. The lowest BCUT2D eigenvalue weighted by Crippen LogP contribution is -2.07. The van der Waals surface area contributed by atoms with Crippen molar-refractivity contribution in [3.63, 3.8) is 0 Å². The van der Waals surface area contributed by atoms with Crippen LogP contribution >= 0.6 is 11.3 Å². The maximum atomic E-state index is 4.45. The second-order valence-electron chi connectivity index (χ2n) is 2.95. The van der Waals surface area contributed by atoms with E-state index in [2.05, 4.69) is 17.3 Å². The zero-order valence-electron chi connectivity index (χ0n) is 6.13. The van der Waals surface area contributed by atoms with Gasteiger partial charge < -0.3 is 0 Å². The van der Waals surface area contributed by atoms with Gasteiger partial charge in [-0.25, -0.2) is 4.98 Å². The largest absolute Gasteiger partial charge is 0.246 e. The Balaban J connectivity index is 2.17. The molecule has 1 aromatic heterocycles. The van der Waals surface area contributed by atoms with E-state index in [1.807, 2.05) is 11.3 Å². The standard InChI is InChI=1S/C8H11NS/c1-6-5-10-8(9-6)7-3-2-4-7/h5,7H,2-4H2,1H3. The van der Waals surface area contributed by atoms with E-state index in [0.717, 1.165) is 5.92 Å². The van der Waals surface area contributed by atoms with Crippen molar-refractivity contribution in [2.45, 2.75) is 32.1 Å². The monoisotopic (exact) mass is 153 g/mol. The molecule has 0 saturated heterocycles. The maximum absolute atomic E-state index is 4.45. The zero-order valence-corrected chi connectivity index (χ0v) is 6.95. The molecule has 1 heterocycles. The van der Waals surface area contributed by atoms with Gasteiger partial charge in [0.15, 0.2) is 0 Å². The van der Waals surface area contributed by atoms with E-state index >= 15 is 0 Å². The molecule has 0 spiro atoms. The fourth-order valence-corrected chi connectivity index (χ4v) is 2.18. The first-order valence-electron chi connectivity index (χ1n) is 3.78. The lowest BCUT2D eigenvalue weighted by atomic mass is 9.86. The Kier molecular flexibility index (Phi) is 1.49. The van der Waals surface area contributed by atoms with Crippen LogP contribution < -0.4 is 0 Å². The van der Waals surface area contributed by atoms with Gasteiger partial charge in [-0.3, -0.25) is 0 Å². The van der Waals surface area contributed by atoms with Gasteiger partial charge in [-0.1, -0.05) is 6.42 Å². The Morgan fingerprint density at radius 2 is 2.40 bits per heavy atom. The number of aryl methyl sites for hydroxylation is 1. The summed E-state index contributed by atoms with van der Waals surface area (Å²) >= 11 is 1.82. The van der Waals surface area contributed by atoms with E-state index in [4.69, 9.17) is 0 Å². The molecule has 1 aliphatic rings. The molecule has 1 nitrogen and oxygen atoms in total. The molecule has 1 aromatic rings. The van der Waals surface area contributed by atoms with Crippen LogP contribution in [0, 0.1) is 6.92 Å². The number of hydrogen-bond acceptors (Lipinski definition) is 2. The minimum Gasteiger partial charge on any atom is -0.246 e. The quantitative estimate of drug-likeness (QED) is 0.604. The summed E-state index contributed by atoms with van der Waals surface area (Å²) in [5.74, 6) is 0.818. The fraction of sp³-hybridized carbons (Fsp3) is 0.625. The van der Waals surface area contributed by atoms with Crippen molar-refractivity contribution in [1.82, 2.24) is 4.98 Å². The molecule has 0 radical (unpaired) electrons. The molecule has 0 unspecified atom stereocenters. The van der Waals surface area contributed by atoms with Crippen LogP contribution in [-0.2, 0) is 0 Å². The van der Waals surface area contributed by atoms with Crippen LogP contribution in [0.3, 0.4) is 0 Å². The molecule has 0 N–H and O–H groups in total. The van der Waals surface area contributed by atoms with E-state index < -0.39 is 0 Å². The normalized spacial score (nSPS) is 18.9. The maximum Gasteiger partial charge on any atom is 0.0959 e. The summed E-state index contributed by atoms with van der Waals surface area (Å²) in [7, 11) is 0. The first kappa shape index (κ1) is 6.35. The molecule has 2 rings (SSSR count). The Morgan fingerprint density at radius 1 is 1.60 bits per heavy atom. The molecular formula is C8H11NS. The van der Waals surface area contributed by atoms with Crippen molar-refractivity contribution in [2.75, 3.05) is 0 Å². The Bertz CT molecular complexity index is 225. The molecule has 54 valence electrons. The van der Waals surface area contributed by atoms with Crippen molar-refractivity contribution in [2.24, 2.45) is 0 Å². The number of nitrogens with zero attached hydrogens (tertiary/aromatic N) is 1. The van der Waals surface area contributed by atoms with E-state index in [1.165, 1.54) is 30.0 Å². The highest BCUT2D eigenvalue weighted by Gasteiger charge is 2.21. The molecular weight excluding hydrogens is 142 g/mol. The first-order chi connectivity index (χ1) is 4.86. The van der Waals surface area contributed by atoms with Gasteiger partial charge >= 0.3 is 0 Å². The van der Waals surface area contributed by atoms with Gasteiger partial charge in [0.05, 0.1) is 5.01 Å². The van der Waals surface area contributed by atoms with Crippen LogP contribution in [0.5, 0.6) is 0 Å². The van der Waals surface area contributed by atoms with Gasteiger partial charge in [0.25, 0.3) is 0 Å². The molecule has 0 amide bonds. The third-order valence-corrected chi connectivity index (χ3v) is 3.22. The molecule has 10 heavy (non-hydrogen) atoms. The van der Waals surface area contributed by atoms with E-state index in [0.29, 0.717) is 0 Å². The van der Waals surface area contributed by atoms with Crippen LogP contribution in [0.15, 0.2) is 5.38 Å². The van der Waals surface area contributed by atoms with Crippen molar-refractivity contribution >= 4 is 11.3 Å². The molecule has 0 aromatic carbocycles. The van der Waals surface area contributed by atoms with Crippen molar-refractivity contribution < 1.29 is 0 Å². The van der Waals surface area contributed by atoms with Gasteiger partial charge in [-0.05, 0) is 19.8 Å². The highest BCUT2D eigenvalue weighted by Crippen LogP contribution is 2.37. The van der Waals surface area contributed by atoms with Crippen molar-refractivity contribution in [3.8, 4) is 0 Å². The smallest absolute Gasteiger partial charge is 0.0959 e. The third-order valence-electron chi connectivity index (χ3n) is 2.09. The van der Waals surface area contributed by atoms with Crippen LogP contribution in [0.2, 0.25) is 0 Å². The second kappa shape index (κ2) is 2.35. The van der Waals surface area contributed by atoms with Gasteiger partial charge in [0.2, 0.25) is 0 Å². The van der Waals surface area contributed by atoms with E-state index in [1.54, 1.807) is 0 Å². The summed E-state index contributed by atoms with van der Waals surface area (Å²) in [6.07, 6.45) is 4.14. The molecule has 0 aliphatic heterocycles. The molecule has 1 saturated carbocycles. The Morgan fingerprint density at radius 3 is 2.80 bits per heavy atom. The average molecular weight is 153 g/mol. The second-order valence-corrected chi connectivity index (χ2v) is 3.84. The summed E-state index contributed by atoms with van der Waals surface area (Å²) in [4.78, 5) is 4.45. The van der Waals surface area contributed by atoms with Gasteiger partial charge in [-0.2, -0.15) is 0 Å². The van der Waals surface area contributed by atoms with Gasteiger partial charge in [0.1, 0.15) is 0 Å². The first-order valence-corrected chi connectivity index (χ1v) is 4.66. The minimum absolute atomic E-state index is 0.818. The van der Waals surface area contributed by atoms with Gasteiger partial charge in [-0.15, -0.1) is 11.3 Å². The number of hydrogen-bond donors (Lipinski definition) is 0. The van der Waals surface area contributed by atoms with Crippen LogP contribution in [-0.4, -0.2) is 4.98 Å². The number of rotatable bonds is 1. The Hall–Kier alpha value is -0.370. The minimum atomic E-state index is 0.818. The summed E-state index contributed by atoms with van der Waals surface area (Å²) in [6, 6.07) is 0. The zero-order chi connectivity index (χ0) is 6.97.